The zero-order chi connectivity index (χ0) is 12.7. The van der Waals surface area contributed by atoms with Gasteiger partial charge in [0.1, 0.15) is 5.82 Å². The van der Waals surface area contributed by atoms with Gasteiger partial charge in [-0.3, -0.25) is 0 Å². The molecule has 1 rings (SSSR count). The number of nitrogens with one attached hydrogen (secondary N) is 1. The van der Waals surface area contributed by atoms with E-state index in [0.29, 0.717) is 6.54 Å². The highest BCUT2D eigenvalue weighted by molar-refractivity contribution is 5.45. The van der Waals surface area contributed by atoms with E-state index in [-0.39, 0.29) is 11.9 Å². The normalized spacial score (nSPS) is 11.9. The Morgan fingerprint density at radius 1 is 1.53 bits per heavy atom. The van der Waals surface area contributed by atoms with E-state index in [1.807, 2.05) is 24.9 Å². The Labute approximate surface area is 102 Å². The van der Waals surface area contributed by atoms with Gasteiger partial charge in [-0.05, 0) is 31.2 Å². The summed E-state index contributed by atoms with van der Waals surface area (Å²) in [6.45, 7) is 3.47. The van der Waals surface area contributed by atoms with Crippen molar-refractivity contribution in [3.8, 4) is 6.07 Å². The van der Waals surface area contributed by atoms with Gasteiger partial charge < -0.3 is 10.2 Å². The molecule has 0 amide bonds. The molecule has 0 saturated carbocycles. The second-order valence-corrected chi connectivity index (χ2v) is 3.93. The first-order valence-corrected chi connectivity index (χ1v) is 5.77. The zero-order valence-electron chi connectivity index (χ0n) is 10.3. The van der Waals surface area contributed by atoms with Gasteiger partial charge in [0, 0.05) is 19.3 Å². The third-order valence-corrected chi connectivity index (χ3v) is 2.61. The first-order valence-electron chi connectivity index (χ1n) is 5.77. The minimum atomic E-state index is -0.238. The van der Waals surface area contributed by atoms with Gasteiger partial charge in [0.25, 0.3) is 0 Å². The molecule has 3 nitrogen and oxygen atoms in total. The molecule has 1 unspecified atom stereocenters. The number of benzene rings is 1. The predicted octanol–water partition coefficient (Wildman–Crippen LogP) is 2.15. The Morgan fingerprint density at radius 2 is 2.29 bits per heavy atom. The van der Waals surface area contributed by atoms with Crippen LogP contribution in [0.3, 0.4) is 0 Å². The van der Waals surface area contributed by atoms with Crippen molar-refractivity contribution in [3.63, 3.8) is 0 Å². The molecular formula is C13H18FN3. The molecule has 92 valence electrons. The molecule has 1 aromatic carbocycles. The van der Waals surface area contributed by atoms with Crippen molar-refractivity contribution in [2.75, 3.05) is 25.0 Å². The third kappa shape index (κ3) is 4.41. The van der Waals surface area contributed by atoms with Crippen LogP contribution in [-0.4, -0.2) is 26.2 Å². The van der Waals surface area contributed by atoms with Crippen molar-refractivity contribution in [3.05, 3.63) is 30.1 Å². The molecule has 0 spiro atoms. The minimum absolute atomic E-state index is 0.143. The van der Waals surface area contributed by atoms with E-state index in [1.54, 1.807) is 6.07 Å². The van der Waals surface area contributed by atoms with Gasteiger partial charge in [-0.25, -0.2) is 4.39 Å². The number of hydrogen-bond donors (Lipinski definition) is 1. The molecule has 0 saturated heterocycles. The van der Waals surface area contributed by atoms with Crippen LogP contribution in [0.1, 0.15) is 13.3 Å². The summed E-state index contributed by atoms with van der Waals surface area (Å²) < 4.78 is 13.0. The molecule has 0 aliphatic heterocycles. The summed E-state index contributed by atoms with van der Waals surface area (Å²) in [5.74, 6) is -0.238. The standard InChI is InChI=1S/C13H18FN3/c1-3-16-12(10-15)7-8-17(2)13-6-4-5-11(14)9-13/h4-6,9,12,16H,3,7-8H2,1-2H3. The summed E-state index contributed by atoms with van der Waals surface area (Å²) in [5.41, 5.74) is 0.832. The molecule has 0 heterocycles. The summed E-state index contributed by atoms with van der Waals surface area (Å²) >= 11 is 0. The van der Waals surface area contributed by atoms with Crippen molar-refractivity contribution in [1.82, 2.24) is 5.32 Å². The smallest absolute Gasteiger partial charge is 0.125 e. The second kappa shape index (κ2) is 6.87. The summed E-state index contributed by atoms with van der Waals surface area (Å²) in [6.07, 6.45) is 0.720. The number of rotatable bonds is 6. The Bertz CT molecular complexity index is 386. The highest BCUT2D eigenvalue weighted by Gasteiger charge is 2.08. The van der Waals surface area contributed by atoms with Crippen molar-refractivity contribution in [1.29, 1.82) is 5.26 Å². The van der Waals surface area contributed by atoms with E-state index < -0.39 is 0 Å². The van der Waals surface area contributed by atoms with E-state index in [9.17, 15) is 4.39 Å². The van der Waals surface area contributed by atoms with Crippen LogP contribution in [0.2, 0.25) is 0 Å². The number of nitriles is 1. The van der Waals surface area contributed by atoms with Crippen LogP contribution in [0.5, 0.6) is 0 Å². The van der Waals surface area contributed by atoms with Gasteiger partial charge in [0.2, 0.25) is 0 Å². The number of nitrogens with zero attached hydrogens (tertiary/aromatic N) is 2. The maximum absolute atomic E-state index is 13.0. The lowest BCUT2D eigenvalue weighted by molar-refractivity contribution is 0.581. The molecule has 0 bridgehead atoms. The summed E-state index contributed by atoms with van der Waals surface area (Å²) in [5, 5.41) is 12.0. The molecule has 4 heteroatoms. The zero-order valence-corrected chi connectivity index (χ0v) is 10.3. The first-order chi connectivity index (χ1) is 8.17. The van der Waals surface area contributed by atoms with Crippen LogP contribution in [-0.2, 0) is 0 Å². The second-order valence-electron chi connectivity index (χ2n) is 3.93. The van der Waals surface area contributed by atoms with Crippen molar-refractivity contribution in [2.24, 2.45) is 0 Å². The van der Waals surface area contributed by atoms with Crippen LogP contribution in [0, 0.1) is 17.1 Å². The fourth-order valence-electron chi connectivity index (χ4n) is 1.62. The lowest BCUT2D eigenvalue weighted by atomic mass is 10.2. The predicted molar refractivity (Wildman–Crippen MR) is 67.4 cm³/mol. The minimum Gasteiger partial charge on any atom is -0.374 e. The lowest BCUT2D eigenvalue weighted by Gasteiger charge is -2.20. The van der Waals surface area contributed by atoms with E-state index >= 15 is 0 Å². The van der Waals surface area contributed by atoms with Crippen LogP contribution in [0.15, 0.2) is 24.3 Å². The van der Waals surface area contributed by atoms with Crippen molar-refractivity contribution in [2.45, 2.75) is 19.4 Å². The van der Waals surface area contributed by atoms with Crippen LogP contribution >= 0.6 is 0 Å². The summed E-state index contributed by atoms with van der Waals surface area (Å²) in [6, 6.07) is 8.53. The molecule has 0 aromatic heterocycles. The molecule has 17 heavy (non-hydrogen) atoms. The molecule has 1 aromatic rings. The number of anilines is 1. The van der Waals surface area contributed by atoms with Gasteiger partial charge in [0.15, 0.2) is 0 Å². The molecule has 0 radical (unpaired) electrons. The monoisotopic (exact) mass is 235 g/mol. The van der Waals surface area contributed by atoms with Gasteiger partial charge in [-0.1, -0.05) is 13.0 Å². The summed E-state index contributed by atoms with van der Waals surface area (Å²) in [4.78, 5) is 1.95. The SMILES string of the molecule is CCNC(C#N)CCN(C)c1cccc(F)c1. The Balaban J connectivity index is 2.49. The van der Waals surface area contributed by atoms with Crippen molar-refractivity contribution < 1.29 is 4.39 Å². The maximum atomic E-state index is 13.0. The molecule has 1 atom stereocenters. The van der Waals surface area contributed by atoms with E-state index in [4.69, 9.17) is 5.26 Å². The van der Waals surface area contributed by atoms with Gasteiger partial charge >= 0.3 is 0 Å². The van der Waals surface area contributed by atoms with Crippen LogP contribution < -0.4 is 10.2 Å². The fourth-order valence-corrected chi connectivity index (χ4v) is 1.62. The molecule has 0 aliphatic rings. The quantitative estimate of drug-likeness (QED) is 0.821. The Hall–Kier alpha value is -1.60. The van der Waals surface area contributed by atoms with E-state index in [2.05, 4.69) is 11.4 Å². The van der Waals surface area contributed by atoms with Crippen LogP contribution in [0.25, 0.3) is 0 Å². The van der Waals surface area contributed by atoms with Crippen molar-refractivity contribution >= 4 is 5.69 Å². The van der Waals surface area contributed by atoms with E-state index in [0.717, 1.165) is 18.7 Å². The van der Waals surface area contributed by atoms with Gasteiger partial charge in [0.05, 0.1) is 12.1 Å². The van der Waals surface area contributed by atoms with Gasteiger partial charge in [-0.15, -0.1) is 0 Å². The first kappa shape index (κ1) is 13.5. The summed E-state index contributed by atoms with van der Waals surface area (Å²) in [7, 11) is 1.90. The van der Waals surface area contributed by atoms with Crippen LogP contribution in [0.4, 0.5) is 10.1 Å². The molecule has 0 aliphatic carbocycles. The topological polar surface area (TPSA) is 39.1 Å². The van der Waals surface area contributed by atoms with Gasteiger partial charge in [-0.2, -0.15) is 5.26 Å². The molecule has 0 fully saturated rings. The number of hydrogen-bond acceptors (Lipinski definition) is 3. The Morgan fingerprint density at radius 3 is 2.88 bits per heavy atom. The fraction of sp³-hybridized carbons (Fsp3) is 0.462. The average Bonchev–Trinajstić information content (AvgIpc) is 2.34. The largest absolute Gasteiger partial charge is 0.374 e. The highest BCUT2D eigenvalue weighted by Crippen LogP contribution is 2.14. The average molecular weight is 235 g/mol. The lowest BCUT2D eigenvalue weighted by Crippen LogP contribution is -2.31. The van der Waals surface area contributed by atoms with E-state index in [1.165, 1.54) is 12.1 Å². The Kier molecular flexibility index (Phi) is 5.44. The molecular weight excluding hydrogens is 217 g/mol. The highest BCUT2D eigenvalue weighted by atomic mass is 19.1. The number of halogens is 1. The molecule has 1 N–H and O–H groups in total. The third-order valence-electron chi connectivity index (χ3n) is 2.61. The maximum Gasteiger partial charge on any atom is 0.125 e.